The van der Waals surface area contributed by atoms with Gasteiger partial charge < -0.3 is 0 Å². The molecule has 1 aromatic carbocycles. The largest absolute Gasteiger partial charge is 0.283 e. The smallest absolute Gasteiger partial charge is 0.233 e. The van der Waals surface area contributed by atoms with Crippen LogP contribution in [0.4, 0.5) is 5.69 Å². The second-order valence-electron chi connectivity index (χ2n) is 3.86. The lowest BCUT2D eigenvalue weighted by atomic mass is 10.2. The first kappa shape index (κ1) is 13.8. The molecule has 0 amide bonds. The summed E-state index contributed by atoms with van der Waals surface area (Å²) in [7, 11) is -3.44. The molecule has 0 saturated heterocycles. The second kappa shape index (κ2) is 5.54. The van der Waals surface area contributed by atoms with Gasteiger partial charge in [0.1, 0.15) is 6.33 Å². The molecular formula is C10H12ClN5O2S. The molecule has 0 spiro atoms. The maximum atomic E-state index is 11.7. The summed E-state index contributed by atoms with van der Waals surface area (Å²) in [5, 5.41) is 10.8. The molecule has 0 bridgehead atoms. The molecule has 7 nitrogen and oxygen atoms in total. The van der Waals surface area contributed by atoms with Crippen molar-refractivity contribution in [1.82, 2.24) is 20.2 Å². The molecule has 0 aliphatic heterocycles. The third-order valence-electron chi connectivity index (χ3n) is 2.45. The number of hydrogen-bond donors (Lipinski definition) is 1. The molecule has 0 fully saturated rings. The Balaban J connectivity index is 2.33. The van der Waals surface area contributed by atoms with Gasteiger partial charge in [0.05, 0.1) is 17.1 Å². The lowest BCUT2D eigenvalue weighted by molar-refractivity contribution is 0.602. The van der Waals surface area contributed by atoms with Crippen molar-refractivity contribution in [1.29, 1.82) is 0 Å². The molecule has 2 rings (SSSR count). The van der Waals surface area contributed by atoms with Crippen LogP contribution >= 0.6 is 11.6 Å². The summed E-state index contributed by atoms with van der Waals surface area (Å²) in [6.07, 6.45) is 1.43. The Labute approximate surface area is 115 Å². The van der Waals surface area contributed by atoms with Crippen LogP contribution in [0.2, 0.25) is 0 Å². The number of anilines is 1. The third-order valence-corrected chi connectivity index (χ3v) is 4.13. The van der Waals surface area contributed by atoms with Crippen molar-refractivity contribution in [2.45, 2.75) is 6.92 Å². The molecule has 0 atom stereocenters. The number of halogens is 1. The van der Waals surface area contributed by atoms with E-state index in [1.807, 2.05) is 6.92 Å². The first-order chi connectivity index (χ1) is 9.02. The van der Waals surface area contributed by atoms with Crippen LogP contribution in [0.5, 0.6) is 0 Å². The average Bonchev–Trinajstić information content (AvgIpc) is 2.85. The van der Waals surface area contributed by atoms with Crippen molar-refractivity contribution in [2.75, 3.05) is 16.4 Å². The number of nitrogens with zero attached hydrogens (tertiary/aromatic N) is 4. The minimum atomic E-state index is -3.44. The summed E-state index contributed by atoms with van der Waals surface area (Å²) in [5.41, 5.74) is 1.95. The summed E-state index contributed by atoms with van der Waals surface area (Å²) in [4.78, 5) is 0. The zero-order chi connectivity index (χ0) is 13.9. The van der Waals surface area contributed by atoms with Crippen LogP contribution in [-0.2, 0) is 10.0 Å². The number of nitrogens with one attached hydrogen (secondary N) is 1. The van der Waals surface area contributed by atoms with Gasteiger partial charge in [0.2, 0.25) is 10.0 Å². The number of rotatable bonds is 5. The molecular weight excluding hydrogens is 290 g/mol. The Kier molecular flexibility index (Phi) is 4.01. The summed E-state index contributed by atoms with van der Waals surface area (Å²) < 4.78 is 27.4. The van der Waals surface area contributed by atoms with Gasteiger partial charge in [-0.3, -0.25) is 4.72 Å². The van der Waals surface area contributed by atoms with Crippen LogP contribution in [0.1, 0.15) is 5.56 Å². The molecule has 0 saturated carbocycles. The van der Waals surface area contributed by atoms with Crippen molar-refractivity contribution in [3.8, 4) is 5.69 Å². The topological polar surface area (TPSA) is 89.8 Å². The fourth-order valence-electron chi connectivity index (χ4n) is 1.46. The molecule has 1 aromatic heterocycles. The van der Waals surface area contributed by atoms with E-state index in [1.165, 1.54) is 11.0 Å². The van der Waals surface area contributed by atoms with E-state index in [0.29, 0.717) is 11.4 Å². The summed E-state index contributed by atoms with van der Waals surface area (Å²) in [6.45, 7) is 1.81. The van der Waals surface area contributed by atoms with Gasteiger partial charge in [0.15, 0.2) is 0 Å². The first-order valence-corrected chi connectivity index (χ1v) is 7.61. The minimum Gasteiger partial charge on any atom is -0.283 e. The molecule has 19 heavy (non-hydrogen) atoms. The molecule has 0 radical (unpaired) electrons. The molecule has 0 unspecified atom stereocenters. The zero-order valence-electron chi connectivity index (χ0n) is 10.1. The normalized spacial score (nSPS) is 11.5. The van der Waals surface area contributed by atoms with Crippen LogP contribution in [0.3, 0.4) is 0 Å². The SMILES string of the molecule is Cc1ccc(-n2cnnn2)cc1NS(=O)(=O)CCCl. The second-order valence-corrected chi connectivity index (χ2v) is 6.08. The van der Waals surface area contributed by atoms with E-state index in [0.717, 1.165) is 5.56 Å². The highest BCUT2D eigenvalue weighted by molar-refractivity contribution is 7.92. The highest BCUT2D eigenvalue weighted by Gasteiger charge is 2.12. The van der Waals surface area contributed by atoms with E-state index >= 15 is 0 Å². The van der Waals surface area contributed by atoms with Gasteiger partial charge in [-0.15, -0.1) is 16.7 Å². The fourth-order valence-corrected chi connectivity index (χ4v) is 2.93. The van der Waals surface area contributed by atoms with Crippen LogP contribution in [0.25, 0.3) is 5.69 Å². The quantitative estimate of drug-likeness (QED) is 0.831. The fraction of sp³-hybridized carbons (Fsp3) is 0.300. The Hall–Kier alpha value is -1.67. The van der Waals surface area contributed by atoms with E-state index in [4.69, 9.17) is 11.6 Å². The van der Waals surface area contributed by atoms with Gasteiger partial charge >= 0.3 is 0 Å². The Morgan fingerprint density at radius 2 is 2.21 bits per heavy atom. The molecule has 1 heterocycles. The summed E-state index contributed by atoms with van der Waals surface area (Å²) >= 11 is 5.45. The number of aromatic nitrogens is 4. The molecule has 0 aliphatic carbocycles. The van der Waals surface area contributed by atoms with Crippen LogP contribution < -0.4 is 4.72 Å². The molecule has 102 valence electrons. The minimum absolute atomic E-state index is 0.0427. The van der Waals surface area contributed by atoms with Crippen LogP contribution in [0, 0.1) is 6.92 Å². The standard InChI is InChI=1S/C10H12ClN5O2S/c1-8-2-3-9(16-7-12-14-15-16)6-10(8)13-19(17,18)5-4-11/h2-3,6-7,13H,4-5H2,1H3. The Morgan fingerprint density at radius 3 is 2.84 bits per heavy atom. The van der Waals surface area contributed by atoms with Crippen molar-refractivity contribution < 1.29 is 8.42 Å². The lowest BCUT2D eigenvalue weighted by Crippen LogP contribution is -2.18. The Morgan fingerprint density at radius 1 is 1.42 bits per heavy atom. The van der Waals surface area contributed by atoms with E-state index in [9.17, 15) is 8.42 Å². The van der Waals surface area contributed by atoms with Crippen LogP contribution in [0.15, 0.2) is 24.5 Å². The van der Waals surface area contributed by atoms with Gasteiger partial charge in [-0.25, -0.2) is 13.1 Å². The number of aryl methyl sites for hydroxylation is 1. The average molecular weight is 302 g/mol. The maximum Gasteiger partial charge on any atom is 0.233 e. The number of sulfonamides is 1. The van der Waals surface area contributed by atoms with Gasteiger partial charge in [-0.1, -0.05) is 6.07 Å². The highest BCUT2D eigenvalue weighted by atomic mass is 35.5. The van der Waals surface area contributed by atoms with E-state index in [1.54, 1.807) is 18.2 Å². The van der Waals surface area contributed by atoms with Crippen molar-refractivity contribution in [3.05, 3.63) is 30.1 Å². The molecule has 2 aromatic rings. The maximum absolute atomic E-state index is 11.7. The number of benzene rings is 1. The van der Waals surface area contributed by atoms with E-state index in [2.05, 4.69) is 20.2 Å². The molecule has 9 heteroatoms. The Bertz CT molecular complexity index is 657. The van der Waals surface area contributed by atoms with Crippen molar-refractivity contribution in [2.24, 2.45) is 0 Å². The predicted octanol–water partition coefficient (Wildman–Crippen LogP) is 0.951. The van der Waals surface area contributed by atoms with Crippen LogP contribution in [-0.4, -0.2) is 40.3 Å². The number of alkyl halides is 1. The predicted molar refractivity (Wildman–Crippen MR) is 72.0 cm³/mol. The van der Waals surface area contributed by atoms with Gasteiger partial charge in [0, 0.05) is 5.88 Å². The third kappa shape index (κ3) is 3.42. The zero-order valence-corrected chi connectivity index (χ0v) is 11.7. The monoisotopic (exact) mass is 301 g/mol. The first-order valence-electron chi connectivity index (χ1n) is 5.42. The summed E-state index contributed by atoms with van der Waals surface area (Å²) in [5.74, 6) is -0.0931. The van der Waals surface area contributed by atoms with Gasteiger partial charge in [-0.2, -0.15) is 0 Å². The van der Waals surface area contributed by atoms with E-state index < -0.39 is 10.0 Å². The lowest BCUT2D eigenvalue weighted by Gasteiger charge is -2.11. The summed E-state index contributed by atoms with van der Waals surface area (Å²) in [6, 6.07) is 5.25. The van der Waals surface area contributed by atoms with Gasteiger partial charge in [-0.05, 0) is 35.0 Å². The van der Waals surface area contributed by atoms with E-state index in [-0.39, 0.29) is 11.6 Å². The van der Waals surface area contributed by atoms with Crippen molar-refractivity contribution in [3.63, 3.8) is 0 Å². The number of hydrogen-bond acceptors (Lipinski definition) is 5. The number of tetrazole rings is 1. The highest BCUT2D eigenvalue weighted by Crippen LogP contribution is 2.20. The molecule has 1 N–H and O–H groups in total. The molecule has 0 aliphatic rings. The van der Waals surface area contributed by atoms with Gasteiger partial charge in [0.25, 0.3) is 0 Å². The van der Waals surface area contributed by atoms with Crippen molar-refractivity contribution >= 4 is 27.3 Å².